The van der Waals surface area contributed by atoms with Gasteiger partial charge in [0.2, 0.25) is 5.91 Å². The Morgan fingerprint density at radius 2 is 1.89 bits per heavy atom. The number of cyclic esters (lactones) is 1. The normalized spacial score (nSPS) is 33.1. The molecule has 0 radical (unpaired) electrons. The van der Waals surface area contributed by atoms with Gasteiger partial charge in [-0.05, 0) is 43.0 Å². The fraction of sp³-hybridized carbons (Fsp3) is 0.536. The van der Waals surface area contributed by atoms with Gasteiger partial charge in [0.25, 0.3) is 5.91 Å². The number of rotatable bonds is 5. The molecule has 1 N–H and O–H groups in total. The lowest BCUT2D eigenvalue weighted by Crippen LogP contribution is -2.59. The van der Waals surface area contributed by atoms with E-state index in [9.17, 15) is 19.5 Å². The van der Waals surface area contributed by atoms with Crippen LogP contribution in [0.3, 0.4) is 0 Å². The highest BCUT2D eigenvalue weighted by Crippen LogP contribution is 2.54. The maximum Gasteiger partial charge on any atom is 0.312 e. The summed E-state index contributed by atoms with van der Waals surface area (Å²) in [7, 11) is 1.57. The first kappa shape index (κ1) is 25.5. The monoisotopic (exact) mass is 510 g/mol. The summed E-state index contributed by atoms with van der Waals surface area (Å²) < 4.78 is 17.4. The van der Waals surface area contributed by atoms with Gasteiger partial charge in [0.1, 0.15) is 23.3 Å². The Bertz CT molecular complexity index is 1110. The molecule has 0 aromatic heterocycles. The molecule has 4 aliphatic rings. The highest BCUT2D eigenvalue weighted by atomic mass is 16.6. The van der Waals surface area contributed by atoms with Crippen LogP contribution in [0.25, 0.3) is 0 Å². The number of aliphatic hydroxyl groups excluding tert-OH is 1. The van der Waals surface area contributed by atoms with E-state index in [1.54, 1.807) is 42.4 Å². The molecule has 198 valence electrons. The minimum absolute atomic E-state index is 0.137. The molecule has 0 bridgehead atoms. The smallest absolute Gasteiger partial charge is 0.312 e. The molecule has 1 aromatic carbocycles. The van der Waals surface area contributed by atoms with Gasteiger partial charge in [-0.2, -0.15) is 0 Å². The van der Waals surface area contributed by atoms with Crippen LogP contribution >= 0.6 is 0 Å². The molecule has 2 saturated heterocycles. The number of ether oxygens (including phenoxy) is 3. The van der Waals surface area contributed by atoms with Crippen LogP contribution in [0.15, 0.2) is 48.6 Å². The van der Waals surface area contributed by atoms with Crippen LogP contribution in [-0.2, 0) is 23.9 Å². The summed E-state index contributed by atoms with van der Waals surface area (Å²) in [5.41, 5.74) is -0.719. The topological polar surface area (TPSA) is 106 Å². The number of benzene rings is 1. The number of amides is 2. The summed E-state index contributed by atoms with van der Waals surface area (Å²) >= 11 is 0. The summed E-state index contributed by atoms with van der Waals surface area (Å²) in [6.07, 6.45) is 8.11. The zero-order chi connectivity index (χ0) is 26.3. The van der Waals surface area contributed by atoms with Gasteiger partial charge in [-0.3, -0.25) is 14.4 Å². The van der Waals surface area contributed by atoms with Crippen LogP contribution in [0, 0.1) is 17.8 Å². The van der Waals surface area contributed by atoms with Crippen molar-refractivity contribution in [2.75, 3.05) is 31.8 Å². The molecule has 0 aliphatic carbocycles. The summed E-state index contributed by atoms with van der Waals surface area (Å²) in [4.78, 5) is 44.9. The van der Waals surface area contributed by atoms with Gasteiger partial charge < -0.3 is 29.1 Å². The number of methoxy groups -OCH3 is 1. The van der Waals surface area contributed by atoms with Crippen molar-refractivity contribution in [3.05, 3.63) is 48.6 Å². The Hall–Kier alpha value is -3.17. The molecule has 1 unspecified atom stereocenters. The van der Waals surface area contributed by atoms with E-state index in [1.165, 1.54) is 4.90 Å². The van der Waals surface area contributed by atoms with Crippen LogP contribution in [0.4, 0.5) is 5.69 Å². The van der Waals surface area contributed by atoms with Gasteiger partial charge in [0.15, 0.2) is 0 Å². The largest absolute Gasteiger partial charge is 0.497 e. The van der Waals surface area contributed by atoms with E-state index in [0.29, 0.717) is 17.9 Å². The summed E-state index contributed by atoms with van der Waals surface area (Å²) in [5.74, 6) is -2.49. The zero-order valence-electron chi connectivity index (χ0n) is 21.4. The highest BCUT2D eigenvalue weighted by molar-refractivity contribution is 6.05. The summed E-state index contributed by atoms with van der Waals surface area (Å²) in [5, 5.41) is 10.3. The molecule has 1 aromatic rings. The molecule has 9 nitrogen and oxygen atoms in total. The van der Waals surface area contributed by atoms with E-state index in [2.05, 4.69) is 0 Å². The van der Waals surface area contributed by atoms with Crippen molar-refractivity contribution in [1.29, 1.82) is 0 Å². The van der Waals surface area contributed by atoms with Gasteiger partial charge in [-0.15, -0.1) is 0 Å². The fourth-order valence-electron chi connectivity index (χ4n) is 6.16. The van der Waals surface area contributed by atoms with Crippen molar-refractivity contribution in [2.45, 2.75) is 50.5 Å². The van der Waals surface area contributed by atoms with Crippen LogP contribution in [0.2, 0.25) is 0 Å². The Morgan fingerprint density at radius 1 is 1.14 bits per heavy atom. The molecule has 9 heteroatoms. The van der Waals surface area contributed by atoms with Crippen molar-refractivity contribution in [3.63, 3.8) is 0 Å². The number of fused-ring (bicyclic) bond motifs is 2. The van der Waals surface area contributed by atoms with E-state index in [0.717, 1.165) is 6.42 Å². The highest BCUT2D eigenvalue weighted by Gasteiger charge is 2.72. The number of likely N-dealkylation sites (tertiary alicyclic amines) is 1. The van der Waals surface area contributed by atoms with Crippen LogP contribution in [0.1, 0.15) is 26.7 Å². The average molecular weight is 511 g/mol. The number of hydrogen-bond donors (Lipinski definition) is 1. The number of anilines is 1. The third-order valence-electron chi connectivity index (χ3n) is 7.99. The number of aliphatic hydroxyl groups is 1. The van der Waals surface area contributed by atoms with Gasteiger partial charge in [-0.1, -0.05) is 38.2 Å². The first-order valence-corrected chi connectivity index (χ1v) is 12.9. The number of nitrogens with zero attached hydrogens (tertiary/aromatic N) is 2. The lowest BCUT2D eigenvalue weighted by molar-refractivity contribution is -0.155. The fourth-order valence-corrected chi connectivity index (χ4v) is 6.16. The minimum Gasteiger partial charge on any atom is -0.497 e. The van der Waals surface area contributed by atoms with Gasteiger partial charge in [-0.25, -0.2) is 0 Å². The lowest BCUT2D eigenvalue weighted by Gasteiger charge is -2.39. The number of allylic oxidation sites excluding steroid dienone is 1. The zero-order valence-corrected chi connectivity index (χ0v) is 21.4. The second-order valence-corrected chi connectivity index (χ2v) is 10.4. The van der Waals surface area contributed by atoms with Crippen LogP contribution in [-0.4, -0.2) is 78.4 Å². The minimum atomic E-state index is -1.37. The predicted octanol–water partition coefficient (Wildman–Crippen LogP) is 2.09. The van der Waals surface area contributed by atoms with Gasteiger partial charge in [0.05, 0.1) is 38.4 Å². The maximum absolute atomic E-state index is 14.4. The number of esters is 1. The van der Waals surface area contributed by atoms with Gasteiger partial charge in [0, 0.05) is 12.2 Å². The molecule has 4 aliphatic heterocycles. The second kappa shape index (κ2) is 9.95. The first-order valence-electron chi connectivity index (χ1n) is 12.9. The quantitative estimate of drug-likeness (QED) is 0.478. The Balaban J connectivity index is 1.64. The van der Waals surface area contributed by atoms with Crippen molar-refractivity contribution in [3.8, 4) is 5.75 Å². The van der Waals surface area contributed by atoms with E-state index < -0.39 is 41.6 Å². The molecule has 4 heterocycles. The van der Waals surface area contributed by atoms with E-state index in [4.69, 9.17) is 14.2 Å². The Morgan fingerprint density at radius 3 is 2.57 bits per heavy atom. The van der Waals surface area contributed by atoms with Crippen molar-refractivity contribution < 1.29 is 33.7 Å². The number of hydrogen-bond acceptors (Lipinski definition) is 7. The second-order valence-electron chi connectivity index (χ2n) is 10.4. The first-order chi connectivity index (χ1) is 17.8. The SMILES string of the molecule is COc1ccc(N2CC=C[C@]34O[C@H]5/C=C\CCCOC(=O)[C@H]5[C@H]3C(=O)N([C@@H](CO)C(C)C)C4C2=O)cc1. The summed E-state index contributed by atoms with van der Waals surface area (Å²) in [6, 6.07) is 5.45. The number of carbonyl (C=O) groups excluding carboxylic acids is 3. The molecule has 1 spiro atoms. The Labute approximate surface area is 216 Å². The standard InChI is InChI=1S/C28H34N2O7/c1-17(2)20(16-31)30-24-26(33)29(18-9-11-19(35-3)12-10-18)14-7-13-28(24)23(25(30)32)22-21(37-28)8-5-4-6-15-36-27(22)34/h5,7-13,17,20-24,31H,4,6,14-16H2,1-3H3/b8-5-/t20-,21-,22+,23-,24?,28-/m0/s1. The van der Waals surface area contributed by atoms with Crippen LogP contribution < -0.4 is 9.64 Å². The molecule has 37 heavy (non-hydrogen) atoms. The molecule has 0 saturated carbocycles. The van der Waals surface area contributed by atoms with Crippen LogP contribution in [0.5, 0.6) is 5.75 Å². The van der Waals surface area contributed by atoms with Gasteiger partial charge >= 0.3 is 5.97 Å². The Kier molecular flexibility index (Phi) is 6.85. The van der Waals surface area contributed by atoms with E-state index >= 15 is 0 Å². The third kappa shape index (κ3) is 4.05. The molecular weight excluding hydrogens is 476 g/mol. The summed E-state index contributed by atoms with van der Waals surface area (Å²) in [6.45, 7) is 4.00. The van der Waals surface area contributed by atoms with Crippen molar-refractivity contribution in [1.82, 2.24) is 4.90 Å². The van der Waals surface area contributed by atoms with E-state index in [-0.39, 0.29) is 37.5 Å². The third-order valence-corrected chi connectivity index (χ3v) is 7.99. The molecule has 6 atom stereocenters. The molecule has 2 amide bonds. The van der Waals surface area contributed by atoms with Crippen molar-refractivity contribution >= 4 is 23.5 Å². The lowest BCUT2D eigenvalue weighted by atomic mass is 9.78. The maximum atomic E-state index is 14.4. The number of carbonyl (C=O) groups is 3. The molecule has 5 rings (SSSR count). The molecular formula is C28H34N2O7. The van der Waals surface area contributed by atoms with E-state index in [1.807, 2.05) is 32.1 Å². The molecule has 2 fully saturated rings. The average Bonchev–Trinajstić information content (AvgIpc) is 3.29. The predicted molar refractivity (Wildman–Crippen MR) is 135 cm³/mol. The van der Waals surface area contributed by atoms with Crippen molar-refractivity contribution in [2.24, 2.45) is 17.8 Å².